The third-order valence-corrected chi connectivity index (χ3v) is 4.91. The summed E-state index contributed by atoms with van der Waals surface area (Å²) in [6.45, 7) is 10.1. The Kier molecular flexibility index (Phi) is 7.23. The average molecular weight is 384 g/mol. The summed E-state index contributed by atoms with van der Waals surface area (Å²) in [6.07, 6.45) is 8.93. The van der Waals surface area contributed by atoms with E-state index in [1.807, 2.05) is 36.7 Å². The predicted molar refractivity (Wildman–Crippen MR) is 126 cm³/mol. The second-order valence-corrected chi connectivity index (χ2v) is 7.26. The van der Waals surface area contributed by atoms with Crippen LogP contribution in [-0.4, -0.2) is 12.8 Å². The van der Waals surface area contributed by atoms with Crippen LogP contribution >= 0.6 is 0 Å². The van der Waals surface area contributed by atoms with Crippen molar-refractivity contribution in [3.8, 4) is 0 Å². The van der Waals surface area contributed by atoms with Crippen molar-refractivity contribution in [2.45, 2.75) is 26.8 Å². The van der Waals surface area contributed by atoms with Gasteiger partial charge in [0.05, 0.1) is 0 Å². The van der Waals surface area contributed by atoms with E-state index in [0.29, 0.717) is 0 Å². The Labute approximate surface area is 174 Å². The van der Waals surface area contributed by atoms with E-state index in [2.05, 4.69) is 78.5 Å². The number of anilines is 1. The van der Waals surface area contributed by atoms with Gasteiger partial charge in [0.25, 0.3) is 0 Å². The van der Waals surface area contributed by atoms with Crippen LogP contribution in [0.1, 0.15) is 31.4 Å². The van der Waals surface area contributed by atoms with Crippen LogP contribution in [0.15, 0.2) is 101 Å². The van der Waals surface area contributed by atoms with Crippen molar-refractivity contribution in [2.75, 3.05) is 11.9 Å². The van der Waals surface area contributed by atoms with Crippen molar-refractivity contribution in [2.24, 2.45) is 4.99 Å². The molecule has 2 aromatic rings. The zero-order chi connectivity index (χ0) is 20.5. The summed E-state index contributed by atoms with van der Waals surface area (Å²) in [5.74, 6) is 0. The Morgan fingerprint density at radius 2 is 1.76 bits per heavy atom. The second kappa shape index (κ2) is 10.3. The van der Waals surface area contributed by atoms with Crippen molar-refractivity contribution >= 4 is 17.6 Å². The highest BCUT2D eigenvalue weighted by molar-refractivity contribution is 5.74. The lowest BCUT2D eigenvalue weighted by Crippen LogP contribution is -2.14. The van der Waals surface area contributed by atoms with Crippen molar-refractivity contribution in [1.29, 1.82) is 0 Å². The van der Waals surface area contributed by atoms with Gasteiger partial charge in [-0.05, 0) is 66.3 Å². The van der Waals surface area contributed by atoms with Gasteiger partial charge in [-0.2, -0.15) is 0 Å². The van der Waals surface area contributed by atoms with Gasteiger partial charge in [0, 0.05) is 36.9 Å². The Hall–Kier alpha value is -3.33. The number of hydrogen-bond donors (Lipinski definition) is 2. The number of benzene rings is 2. The van der Waals surface area contributed by atoms with E-state index in [4.69, 9.17) is 0 Å². The lowest BCUT2D eigenvalue weighted by atomic mass is 10.0. The summed E-state index contributed by atoms with van der Waals surface area (Å²) in [4.78, 5) is 4.36. The largest absolute Gasteiger partial charge is 0.385 e. The number of hydrogen-bond acceptors (Lipinski definition) is 3. The monoisotopic (exact) mass is 383 g/mol. The molecule has 0 spiro atoms. The van der Waals surface area contributed by atoms with Crippen molar-refractivity contribution in [1.82, 2.24) is 5.32 Å². The van der Waals surface area contributed by atoms with Gasteiger partial charge < -0.3 is 10.6 Å². The first-order chi connectivity index (χ1) is 14.1. The predicted octanol–water partition coefficient (Wildman–Crippen LogP) is 6.11. The molecule has 3 heteroatoms. The fraction of sp³-hybridized carbons (Fsp3) is 0.192. The van der Waals surface area contributed by atoms with E-state index < -0.39 is 0 Å². The lowest BCUT2D eigenvalue weighted by molar-refractivity contribution is 0.841. The fourth-order valence-electron chi connectivity index (χ4n) is 3.17. The molecule has 3 rings (SSSR count). The standard InChI is InChI=1S/C26H29N3/c1-20-13-15-27-19-25(21(2)17-20)14-16-28-22(3)24-11-9-23(10-12-24)18-29-26-7-5-4-6-8-26/h4-13,15,17,19,28-29H,3,14,16,18H2,1-2H3/b15-13?,20-13-,20-17?,21-17+,25-19+,25-21?,27-15-,27-19?. The van der Waals surface area contributed by atoms with Gasteiger partial charge in [0.1, 0.15) is 0 Å². The smallest absolute Gasteiger partial charge is 0.0400 e. The number of aliphatic imine (C=N–C) groups is 1. The van der Waals surface area contributed by atoms with E-state index in [-0.39, 0.29) is 0 Å². The SMILES string of the molecule is C=C(NCCC1=C\N=C/C=C(C)\C=C\1C)c1ccc(CNc2ccccc2)cc1. The molecule has 0 aliphatic carbocycles. The number of nitrogens with zero attached hydrogens (tertiary/aromatic N) is 1. The lowest BCUT2D eigenvalue weighted by Gasteiger charge is -2.13. The summed E-state index contributed by atoms with van der Waals surface area (Å²) in [5.41, 5.74) is 8.16. The van der Waals surface area contributed by atoms with Gasteiger partial charge in [-0.3, -0.25) is 4.99 Å². The Morgan fingerprint density at radius 3 is 2.52 bits per heavy atom. The van der Waals surface area contributed by atoms with Gasteiger partial charge >= 0.3 is 0 Å². The molecule has 0 bridgehead atoms. The number of rotatable bonds is 8. The van der Waals surface area contributed by atoms with Crippen LogP contribution in [0.25, 0.3) is 5.70 Å². The summed E-state index contributed by atoms with van der Waals surface area (Å²) >= 11 is 0. The van der Waals surface area contributed by atoms with E-state index in [1.165, 1.54) is 22.3 Å². The van der Waals surface area contributed by atoms with E-state index >= 15 is 0 Å². The van der Waals surface area contributed by atoms with Gasteiger partial charge in [0.2, 0.25) is 0 Å². The average Bonchev–Trinajstić information content (AvgIpc) is 2.73. The Morgan fingerprint density at radius 1 is 1.00 bits per heavy atom. The van der Waals surface area contributed by atoms with Crippen molar-refractivity contribution in [3.63, 3.8) is 0 Å². The normalized spacial score (nSPS) is 20.0. The molecule has 0 amide bonds. The molecule has 3 nitrogen and oxygen atoms in total. The summed E-state index contributed by atoms with van der Waals surface area (Å²) in [5, 5.41) is 6.88. The molecule has 2 aromatic carbocycles. The molecule has 1 aliphatic heterocycles. The molecule has 0 fully saturated rings. The first kappa shape index (κ1) is 20.4. The summed E-state index contributed by atoms with van der Waals surface area (Å²) < 4.78 is 0. The molecule has 0 aromatic heterocycles. The molecule has 1 heterocycles. The third kappa shape index (κ3) is 6.35. The quantitative estimate of drug-likeness (QED) is 0.577. The van der Waals surface area contributed by atoms with Gasteiger partial charge in [-0.25, -0.2) is 0 Å². The van der Waals surface area contributed by atoms with Gasteiger partial charge in [-0.1, -0.05) is 55.1 Å². The number of nitrogens with one attached hydrogen (secondary N) is 2. The van der Waals surface area contributed by atoms with Crippen molar-refractivity contribution in [3.05, 3.63) is 107 Å². The van der Waals surface area contributed by atoms with E-state index in [0.717, 1.165) is 36.5 Å². The fourth-order valence-corrected chi connectivity index (χ4v) is 3.17. The maximum absolute atomic E-state index is 4.36. The van der Waals surface area contributed by atoms with Crippen LogP contribution in [0, 0.1) is 0 Å². The Bertz CT molecular complexity index is 945. The highest BCUT2D eigenvalue weighted by Gasteiger charge is 2.04. The first-order valence-corrected chi connectivity index (χ1v) is 10.0. The van der Waals surface area contributed by atoms with Crippen LogP contribution in [0.5, 0.6) is 0 Å². The molecule has 1 aliphatic rings. The van der Waals surface area contributed by atoms with E-state index in [1.54, 1.807) is 0 Å². The minimum Gasteiger partial charge on any atom is -0.385 e. The topological polar surface area (TPSA) is 36.4 Å². The van der Waals surface area contributed by atoms with Crippen LogP contribution in [0.3, 0.4) is 0 Å². The number of para-hydroxylation sites is 1. The molecule has 0 radical (unpaired) electrons. The zero-order valence-electron chi connectivity index (χ0n) is 17.3. The highest BCUT2D eigenvalue weighted by atomic mass is 14.9. The maximum atomic E-state index is 4.36. The maximum Gasteiger partial charge on any atom is 0.0400 e. The minimum atomic E-state index is 0.804. The molecule has 0 unspecified atom stereocenters. The van der Waals surface area contributed by atoms with Crippen LogP contribution < -0.4 is 10.6 Å². The van der Waals surface area contributed by atoms with Crippen LogP contribution in [0.2, 0.25) is 0 Å². The van der Waals surface area contributed by atoms with Crippen molar-refractivity contribution < 1.29 is 0 Å². The molecule has 148 valence electrons. The Balaban J connectivity index is 1.49. The number of allylic oxidation sites excluding steroid dienone is 4. The summed E-state index contributed by atoms with van der Waals surface area (Å²) in [7, 11) is 0. The molecule has 2 N–H and O–H groups in total. The first-order valence-electron chi connectivity index (χ1n) is 10.0. The minimum absolute atomic E-state index is 0.804. The molecular formula is C26H29N3. The highest BCUT2D eigenvalue weighted by Crippen LogP contribution is 2.18. The van der Waals surface area contributed by atoms with Gasteiger partial charge in [0.15, 0.2) is 0 Å². The molecule has 0 atom stereocenters. The molecule has 29 heavy (non-hydrogen) atoms. The molecule has 0 saturated heterocycles. The molecular weight excluding hydrogens is 354 g/mol. The third-order valence-electron chi connectivity index (χ3n) is 4.91. The van der Waals surface area contributed by atoms with E-state index in [9.17, 15) is 0 Å². The van der Waals surface area contributed by atoms with Gasteiger partial charge in [-0.15, -0.1) is 0 Å². The zero-order valence-corrected chi connectivity index (χ0v) is 17.3. The second-order valence-electron chi connectivity index (χ2n) is 7.26. The summed E-state index contributed by atoms with van der Waals surface area (Å²) in [6, 6.07) is 18.8. The van der Waals surface area contributed by atoms with Crippen LogP contribution in [-0.2, 0) is 6.54 Å². The van der Waals surface area contributed by atoms with Crippen LogP contribution in [0.4, 0.5) is 5.69 Å². The molecule has 0 saturated carbocycles.